The van der Waals surface area contributed by atoms with Crippen LogP contribution >= 0.6 is 0 Å². The number of alkyl halides is 3. The average molecular weight is 487 g/mol. The molecule has 1 fully saturated rings. The first-order chi connectivity index (χ1) is 16.6. The molecule has 0 bridgehead atoms. The fraction of sp³-hybridized carbons (Fsp3) is 0.240. The fourth-order valence-electron chi connectivity index (χ4n) is 3.47. The van der Waals surface area contributed by atoms with Gasteiger partial charge in [-0.2, -0.15) is 13.2 Å². The number of nitrogens with one attached hydrogen (secondary N) is 2. The van der Waals surface area contributed by atoms with E-state index < -0.39 is 41.3 Å². The molecular weight excluding hydrogens is 466 g/mol. The first-order valence-corrected chi connectivity index (χ1v) is 10.8. The molecule has 182 valence electrons. The first-order valence-electron chi connectivity index (χ1n) is 10.8. The molecule has 2 N–H and O–H groups in total. The molecule has 4 rings (SSSR count). The SMILES string of the molecule is O=C(NCc1ccc(C(F)(F)F)cc1F)c1cn(Cc2ccccc2)cc(C(=O)NC2CC2)c1=O. The molecule has 10 heteroatoms. The molecule has 0 atom stereocenters. The number of pyridine rings is 1. The Hall–Kier alpha value is -3.95. The van der Waals surface area contributed by atoms with Crippen molar-refractivity contribution >= 4 is 11.8 Å². The molecule has 0 radical (unpaired) electrons. The Morgan fingerprint density at radius 1 is 0.971 bits per heavy atom. The summed E-state index contributed by atoms with van der Waals surface area (Å²) in [6.45, 7) is -0.169. The topological polar surface area (TPSA) is 80.2 Å². The maximum atomic E-state index is 14.1. The third-order valence-electron chi connectivity index (χ3n) is 5.51. The van der Waals surface area contributed by atoms with Crippen LogP contribution in [-0.4, -0.2) is 22.4 Å². The average Bonchev–Trinajstić information content (AvgIpc) is 3.63. The van der Waals surface area contributed by atoms with Gasteiger partial charge in [-0.3, -0.25) is 14.4 Å². The Kier molecular flexibility index (Phi) is 6.72. The minimum absolute atomic E-state index is 0.00963. The van der Waals surface area contributed by atoms with Crippen molar-refractivity contribution in [2.75, 3.05) is 0 Å². The number of carbonyl (C=O) groups is 2. The normalized spacial score (nSPS) is 13.4. The van der Waals surface area contributed by atoms with Crippen LogP contribution in [0.5, 0.6) is 0 Å². The van der Waals surface area contributed by atoms with Crippen LogP contribution in [0.15, 0.2) is 65.7 Å². The van der Waals surface area contributed by atoms with Crippen LogP contribution < -0.4 is 16.1 Å². The molecule has 6 nitrogen and oxygen atoms in total. The predicted octanol–water partition coefficient (Wildman–Crippen LogP) is 3.88. The van der Waals surface area contributed by atoms with Gasteiger partial charge in [0.1, 0.15) is 16.9 Å². The van der Waals surface area contributed by atoms with E-state index in [4.69, 9.17) is 0 Å². The minimum Gasteiger partial charge on any atom is -0.349 e. The fourth-order valence-corrected chi connectivity index (χ4v) is 3.47. The van der Waals surface area contributed by atoms with Crippen molar-refractivity contribution in [1.29, 1.82) is 0 Å². The summed E-state index contributed by atoms with van der Waals surface area (Å²) in [5, 5.41) is 5.09. The van der Waals surface area contributed by atoms with Crippen LogP contribution in [0, 0.1) is 5.82 Å². The van der Waals surface area contributed by atoms with Gasteiger partial charge in [-0.15, -0.1) is 0 Å². The van der Waals surface area contributed by atoms with Gasteiger partial charge in [0.15, 0.2) is 0 Å². The molecule has 0 aliphatic heterocycles. The Labute approximate surface area is 197 Å². The zero-order valence-electron chi connectivity index (χ0n) is 18.4. The summed E-state index contributed by atoms with van der Waals surface area (Å²) in [6, 6.07) is 11.1. The Balaban J connectivity index is 1.59. The summed E-state index contributed by atoms with van der Waals surface area (Å²) in [6.07, 6.45) is -0.416. The van der Waals surface area contributed by atoms with Crippen LogP contribution in [0.4, 0.5) is 17.6 Å². The van der Waals surface area contributed by atoms with Crippen molar-refractivity contribution in [2.24, 2.45) is 0 Å². The van der Waals surface area contributed by atoms with Gasteiger partial charge in [-0.05, 0) is 30.5 Å². The molecule has 2 amide bonds. The van der Waals surface area contributed by atoms with E-state index in [-0.39, 0.29) is 29.3 Å². The van der Waals surface area contributed by atoms with E-state index in [0.29, 0.717) is 12.1 Å². The van der Waals surface area contributed by atoms with Crippen LogP contribution in [-0.2, 0) is 19.3 Å². The van der Waals surface area contributed by atoms with E-state index in [9.17, 15) is 31.9 Å². The van der Waals surface area contributed by atoms with Gasteiger partial charge >= 0.3 is 6.18 Å². The number of benzene rings is 2. The second kappa shape index (κ2) is 9.73. The Bertz CT molecular complexity index is 1320. The molecular formula is C25H21F4N3O3. The van der Waals surface area contributed by atoms with Crippen molar-refractivity contribution in [2.45, 2.75) is 38.1 Å². The molecule has 2 aromatic carbocycles. The van der Waals surface area contributed by atoms with Gasteiger partial charge in [0.2, 0.25) is 5.43 Å². The van der Waals surface area contributed by atoms with E-state index >= 15 is 0 Å². The number of nitrogens with zero attached hydrogens (tertiary/aromatic N) is 1. The monoisotopic (exact) mass is 487 g/mol. The third-order valence-corrected chi connectivity index (χ3v) is 5.51. The van der Waals surface area contributed by atoms with Gasteiger partial charge in [0.05, 0.1) is 5.56 Å². The second-order valence-corrected chi connectivity index (χ2v) is 8.31. The zero-order valence-corrected chi connectivity index (χ0v) is 18.4. The van der Waals surface area contributed by atoms with Crippen molar-refractivity contribution in [3.05, 3.63) is 105 Å². The van der Waals surface area contributed by atoms with Crippen molar-refractivity contribution in [3.63, 3.8) is 0 Å². The van der Waals surface area contributed by atoms with E-state index in [1.807, 2.05) is 30.3 Å². The summed E-state index contributed by atoms with van der Waals surface area (Å²) in [5.74, 6) is -2.61. The standard InChI is InChI=1S/C25H21F4N3O3/c26-21-10-17(25(27,28)29)7-6-16(21)11-30-23(34)19-13-32(12-15-4-2-1-3-5-15)14-20(22(19)33)24(35)31-18-8-9-18/h1-7,10,13-14,18H,8-9,11-12H2,(H,30,34)(H,31,35). The van der Waals surface area contributed by atoms with Gasteiger partial charge in [-0.1, -0.05) is 36.4 Å². The highest BCUT2D eigenvalue weighted by Crippen LogP contribution is 2.30. The summed E-state index contributed by atoms with van der Waals surface area (Å²) < 4.78 is 53.9. The molecule has 35 heavy (non-hydrogen) atoms. The van der Waals surface area contributed by atoms with Crippen molar-refractivity contribution < 1.29 is 27.2 Å². The van der Waals surface area contributed by atoms with Gasteiger partial charge in [0, 0.05) is 37.1 Å². The van der Waals surface area contributed by atoms with Crippen LogP contribution in [0.2, 0.25) is 0 Å². The largest absolute Gasteiger partial charge is 0.416 e. The first kappa shape index (κ1) is 24.2. The predicted molar refractivity (Wildman–Crippen MR) is 119 cm³/mol. The highest BCUT2D eigenvalue weighted by Gasteiger charge is 2.31. The number of carbonyl (C=O) groups excluding carboxylic acids is 2. The highest BCUT2D eigenvalue weighted by molar-refractivity contribution is 5.99. The maximum Gasteiger partial charge on any atom is 0.416 e. The van der Waals surface area contributed by atoms with Crippen LogP contribution in [0.3, 0.4) is 0 Å². The number of aromatic nitrogens is 1. The number of hydrogen-bond donors (Lipinski definition) is 2. The Morgan fingerprint density at radius 3 is 2.23 bits per heavy atom. The number of halogens is 4. The molecule has 1 aliphatic carbocycles. The lowest BCUT2D eigenvalue weighted by atomic mass is 10.1. The molecule has 1 aliphatic rings. The lowest BCUT2D eigenvalue weighted by Gasteiger charge is -2.13. The summed E-state index contributed by atoms with van der Waals surface area (Å²) in [4.78, 5) is 38.4. The molecule has 1 heterocycles. The number of amides is 2. The zero-order chi connectivity index (χ0) is 25.2. The van der Waals surface area contributed by atoms with E-state index in [0.717, 1.165) is 24.5 Å². The van der Waals surface area contributed by atoms with E-state index in [1.54, 1.807) is 0 Å². The van der Waals surface area contributed by atoms with Crippen molar-refractivity contribution in [1.82, 2.24) is 15.2 Å². The molecule has 1 aromatic heterocycles. The number of rotatable bonds is 7. The molecule has 0 unspecified atom stereocenters. The molecule has 0 saturated heterocycles. The maximum absolute atomic E-state index is 14.1. The molecule has 1 saturated carbocycles. The van der Waals surface area contributed by atoms with E-state index in [1.165, 1.54) is 17.0 Å². The van der Waals surface area contributed by atoms with Gasteiger partial charge in [-0.25, -0.2) is 4.39 Å². The van der Waals surface area contributed by atoms with Crippen LogP contribution in [0.1, 0.15) is 50.2 Å². The third kappa shape index (κ3) is 5.95. The molecule has 0 spiro atoms. The lowest BCUT2D eigenvalue weighted by Crippen LogP contribution is -2.36. The van der Waals surface area contributed by atoms with Gasteiger partial charge in [0.25, 0.3) is 11.8 Å². The van der Waals surface area contributed by atoms with Crippen molar-refractivity contribution in [3.8, 4) is 0 Å². The summed E-state index contributed by atoms with van der Waals surface area (Å²) in [5.41, 5.74) is -1.81. The van der Waals surface area contributed by atoms with Crippen LogP contribution in [0.25, 0.3) is 0 Å². The minimum atomic E-state index is -4.70. The van der Waals surface area contributed by atoms with E-state index in [2.05, 4.69) is 10.6 Å². The number of hydrogen-bond acceptors (Lipinski definition) is 3. The molecule has 3 aromatic rings. The Morgan fingerprint density at radius 2 is 1.63 bits per heavy atom. The quantitative estimate of drug-likeness (QED) is 0.497. The highest BCUT2D eigenvalue weighted by atomic mass is 19.4. The van der Waals surface area contributed by atoms with Gasteiger partial charge < -0.3 is 15.2 Å². The smallest absolute Gasteiger partial charge is 0.349 e. The second-order valence-electron chi connectivity index (χ2n) is 8.31. The lowest BCUT2D eigenvalue weighted by molar-refractivity contribution is -0.137. The summed E-state index contributed by atoms with van der Waals surface area (Å²) in [7, 11) is 0. The summed E-state index contributed by atoms with van der Waals surface area (Å²) >= 11 is 0.